The largest absolute Gasteiger partial charge is 0.396 e. The molecular weight excluding hydrogens is 164 g/mol. The zero-order chi connectivity index (χ0) is 10.1. The summed E-state index contributed by atoms with van der Waals surface area (Å²) in [7, 11) is 0. The van der Waals surface area contributed by atoms with Gasteiger partial charge in [-0.05, 0) is 37.0 Å². The average Bonchev–Trinajstić information content (AvgIpc) is 1.78. The van der Waals surface area contributed by atoms with Crippen LogP contribution in [0.4, 0.5) is 0 Å². The van der Waals surface area contributed by atoms with E-state index in [9.17, 15) is 5.11 Å². The van der Waals surface area contributed by atoms with Crippen LogP contribution < -0.4 is 0 Å². The fourth-order valence-electron chi connectivity index (χ4n) is 3.10. The lowest BCUT2D eigenvalue weighted by molar-refractivity contribution is -0.0711. The van der Waals surface area contributed by atoms with Crippen LogP contribution in [-0.4, -0.2) is 22.4 Å². The van der Waals surface area contributed by atoms with Crippen LogP contribution in [0.2, 0.25) is 0 Å². The van der Waals surface area contributed by atoms with Gasteiger partial charge in [0.25, 0.3) is 0 Å². The minimum Gasteiger partial charge on any atom is -0.396 e. The van der Waals surface area contributed by atoms with Crippen LogP contribution in [0.5, 0.6) is 0 Å². The molecule has 78 valence electrons. The van der Waals surface area contributed by atoms with E-state index in [2.05, 4.69) is 20.8 Å². The summed E-state index contributed by atoms with van der Waals surface area (Å²) in [4.78, 5) is 0. The smallest absolute Gasteiger partial charge is 0.0677 e. The summed E-state index contributed by atoms with van der Waals surface area (Å²) in [6.45, 7) is 6.68. The van der Waals surface area contributed by atoms with Gasteiger partial charge in [-0.2, -0.15) is 0 Å². The molecule has 2 heteroatoms. The zero-order valence-corrected chi connectivity index (χ0v) is 9.01. The Bertz CT molecular complexity index is 177. The molecule has 0 aromatic rings. The maximum atomic E-state index is 10.2. The molecule has 1 rings (SSSR count). The Morgan fingerprint density at radius 2 is 1.92 bits per heavy atom. The van der Waals surface area contributed by atoms with E-state index < -0.39 is 5.60 Å². The highest BCUT2D eigenvalue weighted by Gasteiger charge is 2.40. The van der Waals surface area contributed by atoms with Gasteiger partial charge < -0.3 is 10.2 Å². The van der Waals surface area contributed by atoms with Gasteiger partial charge in [-0.1, -0.05) is 20.8 Å². The summed E-state index contributed by atoms with van der Waals surface area (Å²) in [5, 5.41) is 19.1. The number of aliphatic hydroxyl groups excluding tert-OH is 1. The van der Waals surface area contributed by atoms with E-state index in [1.54, 1.807) is 0 Å². The van der Waals surface area contributed by atoms with Gasteiger partial charge in [0, 0.05) is 6.61 Å². The quantitative estimate of drug-likeness (QED) is 0.692. The minimum absolute atomic E-state index is 0.0965. The van der Waals surface area contributed by atoms with Crippen LogP contribution in [0, 0.1) is 11.3 Å². The molecule has 0 spiro atoms. The van der Waals surface area contributed by atoms with Crippen molar-refractivity contribution < 1.29 is 10.2 Å². The Labute approximate surface area is 81.0 Å². The lowest BCUT2D eigenvalue weighted by Crippen LogP contribution is -2.42. The first-order chi connectivity index (χ1) is 5.87. The second-order valence-corrected chi connectivity index (χ2v) is 5.55. The monoisotopic (exact) mass is 186 g/mol. The number of hydrogen-bond acceptors (Lipinski definition) is 2. The van der Waals surface area contributed by atoms with Gasteiger partial charge in [0.05, 0.1) is 5.60 Å². The standard InChI is InChI=1S/C11H22O2/c1-9-6-10(2,3)8-11(13,7-9)4-5-12/h9,12-13H,4-8H2,1-3H3/t9-,11+/m0/s1. The van der Waals surface area contributed by atoms with Crippen molar-refractivity contribution in [3.63, 3.8) is 0 Å². The SMILES string of the molecule is C[C@H]1CC(C)(C)C[C@@](O)(CCO)C1. The molecule has 0 amide bonds. The highest BCUT2D eigenvalue weighted by Crippen LogP contribution is 2.44. The molecule has 0 aromatic heterocycles. The Balaban J connectivity index is 2.66. The van der Waals surface area contributed by atoms with Crippen LogP contribution in [0.25, 0.3) is 0 Å². The van der Waals surface area contributed by atoms with Crippen LogP contribution in [0.1, 0.15) is 46.5 Å². The van der Waals surface area contributed by atoms with E-state index >= 15 is 0 Å². The van der Waals surface area contributed by atoms with Gasteiger partial charge in [-0.25, -0.2) is 0 Å². The molecule has 1 fully saturated rings. The minimum atomic E-state index is -0.615. The van der Waals surface area contributed by atoms with Crippen molar-refractivity contribution in [2.75, 3.05) is 6.61 Å². The molecule has 0 aromatic carbocycles. The first-order valence-electron chi connectivity index (χ1n) is 5.20. The molecule has 2 N–H and O–H groups in total. The van der Waals surface area contributed by atoms with E-state index in [0.717, 1.165) is 12.8 Å². The predicted octanol–water partition coefficient (Wildman–Crippen LogP) is 1.95. The third kappa shape index (κ3) is 2.96. The third-order valence-corrected chi connectivity index (χ3v) is 3.01. The molecule has 0 heterocycles. The van der Waals surface area contributed by atoms with Crippen molar-refractivity contribution in [1.29, 1.82) is 0 Å². The highest BCUT2D eigenvalue weighted by molar-refractivity contribution is 4.92. The van der Waals surface area contributed by atoms with E-state index in [1.165, 1.54) is 6.42 Å². The molecule has 2 nitrogen and oxygen atoms in total. The first kappa shape index (κ1) is 11.0. The summed E-state index contributed by atoms with van der Waals surface area (Å²) >= 11 is 0. The third-order valence-electron chi connectivity index (χ3n) is 3.01. The molecule has 0 radical (unpaired) electrons. The van der Waals surface area contributed by atoms with E-state index in [4.69, 9.17) is 5.11 Å². The van der Waals surface area contributed by atoms with Crippen molar-refractivity contribution in [2.24, 2.45) is 11.3 Å². The molecule has 2 atom stereocenters. The normalized spacial score (nSPS) is 39.0. The molecule has 0 unspecified atom stereocenters. The molecule has 13 heavy (non-hydrogen) atoms. The van der Waals surface area contributed by atoms with Crippen molar-refractivity contribution in [2.45, 2.75) is 52.1 Å². The van der Waals surface area contributed by atoms with Crippen LogP contribution >= 0.6 is 0 Å². The molecule has 0 bridgehead atoms. The van der Waals surface area contributed by atoms with Gasteiger partial charge >= 0.3 is 0 Å². The zero-order valence-electron chi connectivity index (χ0n) is 9.01. The lowest BCUT2D eigenvalue weighted by Gasteiger charge is -2.44. The summed E-state index contributed by atoms with van der Waals surface area (Å²) in [6, 6.07) is 0. The fourth-order valence-corrected chi connectivity index (χ4v) is 3.10. The maximum absolute atomic E-state index is 10.2. The molecule has 1 aliphatic carbocycles. The molecule has 0 saturated heterocycles. The molecule has 1 saturated carbocycles. The number of rotatable bonds is 2. The first-order valence-corrected chi connectivity index (χ1v) is 5.20. The second kappa shape index (κ2) is 3.58. The Morgan fingerprint density at radius 1 is 1.31 bits per heavy atom. The summed E-state index contributed by atoms with van der Waals surface area (Å²) in [5.41, 5.74) is -0.391. The fraction of sp³-hybridized carbons (Fsp3) is 1.00. The van der Waals surface area contributed by atoms with Crippen molar-refractivity contribution in [1.82, 2.24) is 0 Å². The van der Waals surface area contributed by atoms with Gasteiger partial charge in [0.15, 0.2) is 0 Å². The summed E-state index contributed by atoms with van der Waals surface area (Å²) in [5.74, 6) is 0.570. The van der Waals surface area contributed by atoms with Gasteiger partial charge in [0.1, 0.15) is 0 Å². The highest BCUT2D eigenvalue weighted by atomic mass is 16.3. The van der Waals surface area contributed by atoms with Gasteiger partial charge in [-0.15, -0.1) is 0 Å². The molecule has 0 aliphatic heterocycles. The average molecular weight is 186 g/mol. The van der Waals surface area contributed by atoms with Crippen LogP contribution in [0.15, 0.2) is 0 Å². The van der Waals surface area contributed by atoms with Crippen molar-refractivity contribution in [3.8, 4) is 0 Å². The summed E-state index contributed by atoms with van der Waals surface area (Å²) < 4.78 is 0. The van der Waals surface area contributed by atoms with Crippen LogP contribution in [-0.2, 0) is 0 Å². The topological polar surface area (TPSA) is 40.5 Å². The number of aliphatic hydroxyl groups is 2. The van der Waals surface area contributed by atoms with E-state index in [1.807, 2.05) is 0 Å². The van der Waals surface area contributed by atoms with Gasteiger partial charge in [-0.3, -0.25) is 0 Å². The molecule has 1 aliphatic rings. The van der Waals surface area contributed by atoms with E-state index in [-0.39, 0.29) is 12.0 Å². The Hall–Kier alpha value is -0.0800. The van der Waals surface area contributed by atoms with E-state index in [0.29, 0.717) is 12.3 Å². The Kier molecular flexibility index (Phi) is 3.03. The number of hydrogen-bond donors (Lipinski definition) is 2. The molecular formula is C11H22O2. The van der Waals surface area contributed by atoms with Crippen LogP contribution in [0.3, 0.4) is 0 Å². The summed E-state index contributed by atoms with van der Waals surface area (Å²) in [6.07, 6.45) is 3.38. The lowest BCUT2D eigenvalue weighted by atomic mass is 9.65. The predicted molar refractivity (Wildman–Crippen MR) is 53.4 cm³/mol. The van der Waals surface area contributed by atoms with Crippen molar-refractivity contribution in [3.05, 3.63) is 0 Å². The second-order valence-electron chi connectivity index (χ2n) is 5.55. The maximum Gasteiger partial charge on any atom is 0.0677 e. The van der Waals surface area contributed by atoms with Crippen molar-refractivity contribution >= 4 is 0 Å². The Morgan fingerprint density at radius 3 is 2.38 bits per heavy atom. The van der Waals surface area contributed by atoms with Gasteiger partial charge in [0.2, 0.25) is 0 Å².